The lowest BCUT2D eigenvalue weighted by Gasteiger charge is -1.99. The molecule has 1 heterocycles. The predicted molar refractivity (Wildman–Crippen MR) is 46.5 cm³/mol. The van der Waals surface area contributed by atoms with Gasteiger partial charge < -0.3 is 4.74 Å². The zero-order chi connectivity index (χ0) is 9.84. The Labute approximate surface area is 80.6 Å². The standard InChI is InChI=1S/C7H10ClN3O2/c1-3-13-7(12)6-5(4-8)11(2)10-9-6/h3-4H2,1-2H3. The first-order valence-electron chi connectivity index (χ1n) is 3.82. The highest BCUT2D eigenvalue weighted by Crippen LogP contribution is 2.08. The van der Waals surface area contributed by atoms with Crippen LogP contribution in [0.1, 0.15) is 23.1 Å². The molecule has 5 nitrogen and oxygen atoms in total. The van der Waals surface area contributed by atoms with Crippen LogP contribution >= 0.6 is 11.6 Å². The molecule has 0 atom stereocenters. The molecule has 0 saturated carbocycles. The van der Waals surface area contributed by atoms with Crippen molar-refractivity contribution in [3.63, 3.8) is 0 Å². The third kappa shape index (κ3) is 1.98. The number of carbonyl (C=O) groups excluding carboxylic acids is 1. The number of aromatic nitrogens is 3. The topological polar surface area (TPSA) is 57.0 Å². The molecule has 0 saturated heterocycles. The van der Waals surface area contributed by atoms with E-state index in [2.05, 4.69) is 10.3 Å². The Morgan fingerprint density at radius 1 is 1.69 bits per heavy atom. The van der Waals surface area contributed by atoms with Gasteiger partial charge in [0.05, 0.1) is 18.2 Å². The van der Waals surface area contributed by atoms with Crippen molar-refractivity contribution in [3.8, 4) is 0 Å². The van der Waals surface area contributed by atoms with Crippen LogP contribution in [0, 0.1) is 0 Å². The van der Waals surface area contributed by atoms with Crippen LogP contribution in [0.5, 0.6) is 0 Å². The first-order chi connectivity index (χ1) is 6.20. The Hall–Kier alpha value is -1.10. The zero-order valence-corrected chi connectivity index (χ0v) is 8.21. The minimum Gasteiger partial charge on any atom is -0.461 e. The summed E-state index contributed by atoms with van der Waals surface area (Å²) in [5.74, 6) is -0.288. The second-order valence-corrected chi connectivity index (χ2v) is 2.63. The lowest BCUT2D eigenvalue weighted by atomic mass is 10.3. The molecule has 0 N–H and O–H groups in total. The van der Waals surface area contributed by atoms with Crippen molar-refractivity contribution in [3.05, 3.63) is 11.4 Å². The molecule has 0 spiro atoms. The van der Waals surface area contributed by atoms with E-state index in [-0.39, 0.29) is 11.6 Å². The molecule has 0 aliphatic carbocycles. The van der Waals surface area contributed by atoms with E-state index in [0.717, 1.165) is 0 Å². The van der Waals surface area contributed by atoms with Gasteiger partial charge in [-0.3, -0.25) is 4.68 Å². The first kappa shape index (κ1) is 9.98. The Morgan fingerprint density at radius 2 is 2.38 bits per heavy atom. The Bertz CT molecular complexity index is 311. The van der Waals surface area contributed by atoms with Gasteiger partial charge in [-0.1, -0.05) is 5.21 Å². The Morgan fingerprint density at radius 3 is 2.92 bits per heavy atom. The largest absolute Gasteiger partial charge is 0.461 e. The summed E-state index contributed by atoms with van der Waals surface area (Å²) >= 11 is 5.61. The van der Waals surface area contributed by atoms with Crippen molar-refractivity contribution in [2.75, 3.05) is 6.61 Å². The second-order valence-electron chi connectivity index (χ2n) is 2.36. The highest BCUT2D eigenvalue weighted by atomic mass is 35.5. The smallest absolute Gasteiger partial charge is 0.360 e. The van der Waals surface area contributed by atoms with Crippen LogP contribution in [-0.2, 0) is 17.7 Å². The quantitative estimate of drug-likeness (QED) is 0.537. The molecule has 72 valence electrons. The summed E-state index contributed by atoms with van der Waals surface area (Å²) in [4.78, 5) is 11.2. The van der Waals surface area contributed by atoms with Gasteiger partial charge in [0.15, 0.2) is 5.69 Å². The van der Waals surface area contributed by atoms with Crippen LogP contribution < -0.4 is 0 Å². The van der Waals surface area contributed by atoms with Crippen molar-refractivity contribution in [1.29, 1.82) is 0 Å². The number of carbonyl (C=O) groups is 1. The van der Waals surface area contributed by atoms with E-state index in [9.17, 15) is 4.79 Å². The number of esters is 1. The van der Waals surface area contributed by atoms with Crippen LogP contribution in [0.4, 0.5) is 0 Å². The van der Waals surface area contributed by atoms with Gasteiger partial charge in [-0.05, 0) is 6.92 Å². The van der Waals surface area contributed by atoms with Gasteiger partial charge in [-0.15, -0.1) is 16.7 Å². The van der Waals surface area contributed by atoms with E-state index in [0.29, 0.717) is 12.3 Å². The van der Waals surface area contributed by atoms with Crippen molar-refractivity contribution in [1.82, 2.24) is 15.0 Å². The molecule has 1 rings (SSSR count). The van der Waals surface area contributed by atoms with Gasteiger partial charge in [0.1, 0.15) is 0 Å². The summed E-state index contributed by atoms with van der Waals surface area (Å²) in [7, 11) is 1.67. The second kappa shape index (κ2) is 4.23. The minimum atomic E-state index is -0.480. The number of hydrogen-bond acceptors (Lipinski definition) is 4. The van der Waals surface area contributed by atoms with E-state index in [4.69, 9.17) is 16.3 Å². The van der Waals surface area contributed by atoms with Crippen LogP contribution in [0.2, 0.25) is 0 Å². The lowest BCUT2D eigenvalue weighted by Crippen LogP contribution is -2.08. The van der Waals surface area contributed by atoms with Gasteiger partial charge in [-0.25, -0.2) is 4.79 Å². The maximum absolute atomic E-state index is 11.2. The number of nitrogens with zero attached hydrogens (tertiary/aromatic N) is 3. The summed E-state index contributed by atoms with van der Waals surface area (Å²) in [6.45, 7) is 2.05. The molecule has 0 aromatic carbocycles. The molecular formula is C7H10ClN3O2. The third-order valence-electron chi connectivity index (χ3n) is 1.54. The first-order valence-corrected chi connectivity index (χ1v) is 4.35. The molecular weight excluding hydrogens is 194 g/mol. The number of alkyl halides is 1. The van der Waals surface area contributed by atoms with Crippen molar-refractivity contribution in [2.24, 2.45) is 7.05 Å². The molecule has 0 bridgehead atoms. The Balaban J connectivity index is 2.93. The normalized spacial score (nSPS) is 10.1. The molecule has 1 aromatic heterocycles. The summed E-state index contributed by atoms with van der Waals surface area (Å²) in [5, 5.41) is 7.33. The molecule has 1 aromatic rings. The molecule has 0 aliphatic heterocycles. The summed E-state index contributed by atoms with van der Waals surface area (Å²) in [5.41, 5.74) is 0.763. The van der Waals surface area contributed by atoms with Crippen molar-refractivity contribution in [2.45, 2.75) is 12.8 Å². The summed E-state index contributed by atoms with van der Waals surface area (Å²) in [6.07, 6.45) is 0. The number of halogens is 1. The Kier molecular flexibility index (Phi) is 3.25. The molecule has 0 amide bonds. The SMILES string of the molecule is CCOC(=O)c1nnn(C)c1CCl. The van der Waals surface area contributed by atoms with Gasteiger partial charge in [-0.2, -0.15) is 0 Å². The van der Waals surface area contributed by atoms with Gasteiger partial charge >= 0.3 is 5.97 Å². The third-order valence-corrected chi connectivity index (χ3v) is 1.79. The van der Waals surface area contributed by atoms with Crippen molar-refractivity contribution >= 4 is 17.6 Å². The maximum Gasteiger partial charge on any atom is 0.360 e. The van der Waals surface area contributed by atoms with Gasteiger partial charge in [0, 0.05) is 7.05 Å². The molecule has 0 aliphatic rings. The molecule has 13 heavy (non-hydrogen) atoms. The van der Waals surface area contributed by atoms with E-state index in [1.54, 1.807) is 14.0 Å². The van der Waals surface area contributed by atoms with E-state index < -0.39 is 5.97 Å². The van der Waals surface area contributed by atoms with Crippen molar-refractivity contribution < 1.29 is 9.53 Å². The lowest BCUT2D eigenvalue weighted by molar-refractivity contribution is 0.0518. The molecule has 0 unspecified atom stereocenters. The van der Waals surface area contributed by atoms with E-state index >= 15 is 0 Å². The fraction of sp³-hybridized carbons (Fsp3) is 0.571. The fourth-order valence-corrected chi connectivity index (χ4v) is 1.18. The fourth-order valence-electron chi connectivity index (χ4n) is 0.885. The number of ether oxygens (including phenoxy) is 1. The van der Waals surface area contributed by atoms with Crippen LogP contribution in [0.25, 0.3) is 0 Å². The minimum absolute atomic E-state index is 0.192. The van der Waals surface area contributed by atoms with Gasteiger partial charge in [0.2, 0.25) is 0 Å². The average Bonchev–Trinajstić information content (AvgIpc) is 2.47. The monoisotopic (exact) mass is 203 g/mol. The molecule has 6 heteroatoms. The predicted octanol–water partition coefficient (Wildman–Crippen LogP) is 0.731. The maximum atomic E-state index is 11.2. The van der Waals surface area contributed by atoms with Crippen LogP contribution in [0.3, 0.4) is 0 Å². The van der Waals surface area contributed by atoms with Gasteiger partial charge in [0.25, 0.3) is 0 Å². The summed E-state index contributed by atoms with van der Waals surface area (Å²) in [6, 6.07) is 0. The van der Waals surface area contributed by atoms with E-state index in [1.807, 2.05) is 0 Å². The average molecular weight is 204 g/mol. The summed E-state index contributed by atoms with van der Waals surface area (Å²) < 4.78 is 6.23. The highest BCUT2D eigenvalue weighted by molar-refractivity contribution is 6.17. The van der Waals surface area contributed by atoms with Crippen LogP contribution in [0.15, 0.2) is 0 Å². The van der Waals surface area contributed by atoms with Crippen LogP contribution in [-0.4, -0.2) is 27.6 Å². The molecule has 0 radical (unpaired) electrons. The number of hydrogen-bond donors (Lipinski definition) is 0. The molecule has 0 fully saturated rings. The zero-order valence-electron chi connectivity index (χ0n) is 7.45. The highest BCUT2D eigenvalue weighted by Gasteiger charge is 2.18. The number of rotatable bonds is 3. The number of aryl methyl sites for hydroxylation is 1. The van der Waals surface area contributed by atoms with E-state index in [1.165, 1.54) is 4.68 Å².